The van der Waals surface area contributed by atoms with Crippen LogP contribution in [0.25, 0.3) is 4.85 Å². The molecule has 118 valence electrons. The SMILES string of the molecule is [C-]#[N+]C(C)(C1Cc2ccccc2C1=O)C1Cc2ccccc2C1=O. The van der Waals surface area contributed by atoms with E-state index in [0.29, 0.717) is 24.0 Å². The van der Waals surface area contributed by atoms with Crippen molar-refractivity contribution >= 4 is 11.6 Å². The van der Waals surface area contributed by atoms with E-state index >= 15 is 0 Å². The minimum absolute atomic E-state index is 0.00727. The van der Waals surface area contributed by atoms with Crippen LogP contribution >= 0.6 is 0 Å². The first kappa shape index (κ1) is 14.8. The van der Waals surface area contributed by atoms with Crippen LogP contribution in [0.2, 0.25) is 0 Å². The molecule has 0 fully saturated rings. The number of carbonyl (C=O) groups is 2. The molecule has 2 aromatic rings. The second-order valence-corrected chi connectivity index (χ2v) is 6.89. The molecule has 2 aromatic carbocycles. The highest BCUT2D eigenvalue weighted by Crippen LogP contribution is 2.45. The average Bonchev–Trinajstić information content (AvgIpc) is 3.14. The van der Waals surface area contributed by atoms with Gasteiger partial charge in [0.1, 0.15) is 11.8 Å². The number of fused-ring (bicyclic) bond motifs is 2. The zero-order chi connectivity index (χ0) is 16.9. The molecule has 0 aliphatic heterocycles. The molecule has 0 radical (unpaired) electrons. The van der Waals surface area contributed by atoms with Gasteiger partial charge in [0, 0.05) is 18.1 Å². The van der Waals surface area contributed by atoms with E-state index in [1.54, 1.807) is 6.92 Å². The molecule has 0 aromatic heterocycles. The standard InChI is InChI=1S/C21H17NO2/c1-21(22-2,17-11-13-7-3-5-9-15(13)19(17)23)18-12-14-8-4-6-10-16(14)20(18)24/h3-10,17-18H,11-12H2,1H3. The highest BCUT2D eigenvalue weighted by molar-refractivity contribution is 6.06. The summed E-state index contributed by atoms with van der Waals surface area (Å²) in [4.78, 5) is 29.6. The van der Waals surface area contributed by atoms with Crippen LogP contribution in [0.4, 0.5) is 0 Å². The Morgan fingerprint density at radius 3 is 1.67 bits per heavy atom. The first-order valence-corrected chi connectivity index (χ1v) is 8.19. The molecule has 2 aliphatic carbocycles. The van der Waals surface area contributed by atoms with Gasteiger partial charge in [-0.15, -0.1) is 0 Å². The van der Waals surface area contributed by atoms with Crippen LogP contribution in [0.1, 0.15) is 38.8 Å². The molecule has 0 heterocycles. The summed E-state index contributed by atoms with van der Waals surface area (Å²) in [5.74, 6) is -0.882. The molecule has 0 spiro atoms. The number of nitrogens with zero attached hydrogens (tertiary/aromatic N) is 1. The summed E-state index contributed by atoms with van der Waals surface area (Å²) in [5.41, 5.74) is 2.39. The lowest BCUT2D eigenvalue weighted by Crippen LogP contribution is -2.45. The van der Waals surface area contributed by atoms with Crippen molar-refractivity contribution < 1.29 is 9.59 Å². The number of Topliss-reactive ketones (excluding diaryl/α,β-unsaturated/α-hetero) is 2. The van der Waals surface area contributed by atoms with Crippen LogP contribution in [0.3, 0.4) is 0 Å². The smallest absolute Gasteiger partial charge is 0.250 e. The Bertz CT molecular complexity index is 841. The van der Waals surface area contributed by atoms with E-state index in [1.165, 1.54) is 0 Å². The van der Waals surface area contributed by atoms with E-state index in [0.717, 1.165) is 11.1 Å². The highest BCUT2D eigenvalue weighted by atomic mass is 16.1. The van der Waals surface area contributed by atoms with E-state index in [1.807, 2.05) is 48.5 Å². The van der Waals surface area contributed by atoms with Crippen LogP contribution in [-0.4, -0.2) is 17.1 Å². The lowest BCUT2D eigenvalue weighted by molar-refractivity contribution is 0.0794. The van der Waals surface area contributed by atoms with Crippen molar-refractivity contribution in [3.05, 3.63) is 82.2 Å². The minimum atomic E-state index is -1.01. The molecular weight excluding hydrogens is 298 g/mol. The Kier molecular flexibility index (Phi) is 3.18. The Morgan fingerprint density at radius 2 is 1.29 bits per heavy atom. The second-order valence-electron chi connectivity index (χ2n) is 6.89. The van der Waals surface area contributed by atoms with E-state index in [9.17, 15) is 9.59 Å². The van der Waals surface area contributed by atoms with Gasteiger partial charge in [-0.2, -0.15) is 0 Å². The molecule has 0 saturated carbocycles. The fourth-order valence-electron chi connectivity index (χ4n) is 4.22. The molecule has 2 atom stereocenters. The van der Waals surface area contributed by atoms with Gasteiger partial charge in [0.25, 0.3) is 0 Å². The van der Waals surface area contributed by atoms with E-state index in [4.69, 9.17) is 6.57 Å². The summed E-state index contributed by atoms with van der Waals surface area (Å²) in [6, 6.07) is 15.1. The minimum Gasteiger partial charge on any atom is -0.309 e. The van der Waals surface area contributed by atoms with E-state index in [2.05, 4.69) is 4.85 Å². The zero-order valence-electron chi connectivity index (χ0n) is 13.5. The maximum atomic E-state index is 12.9. The molecule has 0 N–H and O–H groups in total. The van der Waals surface area contributed by atoms with Gasteiger partial charge in [-0.05, 0) is 24.0 Å². The molecular formula is C21H17NO2. The number of rotatable bonds is 2. The Hall–Kier alpha value is -2.73. The molecule has 0 bridgehead atoms. The van der Waals surface area contributed by atoms with Crippen LogP contribution in [0.5, 0.6) is 0 Å². The molecule has 3 heteroatoms. The summed E-state index contributed by atoms with van der Waals surface area (Å²) in [7, 11) is 0. The maximum Gasteiger partial charge on any atom is 0.250 e. The third-order valence-corrected chi connectivity index (χ3v) is 5.70. The maximum absolute atomic E-state index is 12.9. The lowest BCUT2D eigenvalue weighted by Gasteiger charge is -2.27. The van der Waals surface area contributed by atoms with Crippen LogP contribution < -0.4 is 0 Å². The van der Waals surface area contributed by atoms with Crippen molar-refractivity contribution in [3.63, 3.8) is 0 Å². The quantitative estimate of drug-likeness (QED) is 0.791. The summed E-state index contributed by atoms with van der Waals surface area (Å²) < 4.78 is 0. The van der Waals surface area contributed by atoms with Crippen molar-refractivity contribution in [2.45, 2.75) is 25.3 Å². The van der Waals surface area contributed by atoms with E-state index in [-0.39, 0.29) is 11.6 Å². The Morgan fingerprint density at radius 1 is 0.875 bits per heavy atom. The van der Waals surface area contributed by atoms with Crippen molar-refractivity contribution in [3.8, 4) is 0 Å². The molecule has 3 nitrogen and oxygen atoms in total. The van der Waals surface area contributed by atoms with Crippen molar-refractivity contribution in [2.24, 2.45) is 11.8 Å². The van der Waals surface area contributed by atoms with Gasteiger partial charge >= 0.3 is 0 Å². The van der Waals surface area contributed by atoms with E-state index < -0.39 is 17.4 Å². The predicted molar refractivity (Wildman–Crippen MR) is 90.9 cm³/mol. The summed E-state index contributed by atoms with van der Waals surface area (Å²) in [6.07, 6.45) is 1.10. The third kappa shape index (κ3) is 1.89. The number of carbonyl (C=O) groups excluding carboxylic acids is 2. The average molecular weight is 315 g/mol. The first-order chi connectivity index (χ1) is 11.6. The van der Waals surface area contributed by atoms with Gasteiger partial charge in [0.2, 0.25) is 5.54 Å². The highest BCUT2D eigenvalue weighted by Gasteiger charge is 2.58. The Balaban J connectivity index is 1.74. The Labute approximate surface area is 141 Å². The van der Waals surface area contributed by atoms with Gasteiger partial charge in [0.15, 0.2) is 11.6 Å². The molecule has 4 rings (SSSR count). The lowest BCUT2D eigenvalue weighted by atomic mass is 9.72. The predicted octanol–water partition coefficient (Wildman–Crippen LogP) is 3.77. The van der Waals surface area contributed by atoms with Crippen LogP contribution in [0, 0.1) is 18.4 Å². The fourth-order valence-corrected chi connectivity index (χ4v) is 4.22. The molecule has 2 unspecified atom stereocenters. The van der Waals surface area contributed by atoms with Crippen LogP contribution in [-0.2, 0) is 12.8 Å². The monoisotopic (exact) mass is 315 g/mol. The molecule has 2 aliphatic rings. The van der Waals surface area contributed by atoms with Gasteiger partial charge in [-0.25, -0.2) is 6.57 Å². The molecule has 24 heavy (non-hydrogen) atoms. The first-order valence-electron chi connectivity index (χ1n) is 8.19. The topological polar surface area (TPSA) is 38.5 Å². The number of benzene rings is 2. The van der Waals surface area contributed by atoms with Gasteiger partial charge in [-0.1, -0.05) is 48.5 Å². The van der Waals surface area contributed by atoms with Crippen LogP contribution in [0.15, 0.2) is 48.5 Å². The van der Waals surface area contributed by atoms with Crippen molar-refractivity contribution in [1.29, 1.82) is 0 Å². The zero-order valence-corrected chi connectivity index (χ0v) is 13.5. The van der Waals surface area contributed by atoms with Crippen molar-refractivity contribution in [2.75, 3.05) is 0 Å². The third-order valence-electron chi connectivity index (χ3n) is 5.70. The summed E-state index contributed by atoms with van der Waals surface area (Å²) >= 11 is 0. The normalized spacial score (nSPS) is 24.2. The number of ketones is 2. The summed E-state index contributed by atoms with van der Waals surface area (Å²) in [5, 5.41) is 0. The molecule has 0 saturated heterocycles. The van der Waals surface area contributed by atoms with Gasteiger partial charge in [-0.3, -0.25) is 9.59 Å². The number of hydrogen-bond acceptors (Lipinski definition) is 2. The number of hydrogen-bond donors (Lipinski definition) is 0. The largest absolute Gasteiger partial charge is 0.309 e. The van der Waals surface area contributed by atoms with Gasteiger partial charge < -0.3 is 4.85 Å². The molecule has 0 amide bonds. The van der Waals surface area contributed by atoms with Gasteiger partial charge in [0.05, 0.1) is 0 Å². The summed E-state index contributed by atoms with van der Waals surface area (Å²) in [6.45, 7) is 9.60. The van der Waals surface area contributed by atoms with Crippen molar-refractivity contribution in [1.82, 2.24) is 0 Å². The second kappa shape index (κ2) is 5.14. The fraction of sp³-hybridized carbons (Fsp3) is 0.286.